The molecule has 2 atom stereocenters. The van der Waals surface area contributed by atoms with Gasteiger partial charge in [0.25, 0.3) is 0 Å². The number of likely N-dealkylation sites (tertiary alicyclic amines) is 1. The number of aliphatic carboxylic acids is 1. The second-order valence-electron chi connectivity index (χ2n) is 6.51. The van der Waals surface area contributed by atoms with Crippen LogP contribution in [0.1, 0.15) is 46.5 Å². The molecule has 2 aliphatic rings. The van der Waals surface area contributed by atoms with Crippen molar-refractivity contribution in [1.29, 1.82) is 0 Å². The third-order valence-electron chi connectivity index (χ3n) is 3.38. The van der Waals surface area contributed by atoms with Crippen LogP contribution in [0.2, 0.25) is 0 Å². The van der Waals surface area contributed by atoms with Gasteiger partial charge in [0.2, 0.25) is 0 Å². The largest absolute Gasteiger partial charge is 0.480 e. The molecule has 2 rings (SSSR count). The Morgan fingerprint density at radius 3 is 2.30 bits per heavy atom. The highest BCUT2D eigenvalue weighted by molar-refractivity contribution is 5.80. The number of carboxylic acids is 1. The van der Waals surface area contributed by atoms with Gasteiger partial charge in [-0.15, -0.1) is 0 Å². The SMILES string of the molecule is CC(C)(C)OC(=O)N1CCC(OC2CC2)CC1C(=O)O. The van der Waals surface area contributed by atoms with E-state index in [0.717, 1.165) is 12.8 Å². The molecular formula is C14H23NO5. The number of rotatable bonds is 3. The summed E-state index contributed by atoms with van der Waals surface area (Å²) in [5.41, 5.74) is -0.624. The molecule has 1 saturated heterocycles. The molecule has 1 saturated carbocycles. The Balaban J connectivity index is 1.97. The van der Waals surface area contributed by atoms with Gasteiger partial charge in [-0.1, -0.05) is 0 Å². The normalized spacial score (nSPS) is 27.2. The zero-order valence-corrected chi connectivity index (χ0v) is 12.3. The van der Waals surface area contributed by atoms with Crippen LogP contribution >= 0.6 is 0 Å². The smallest absolute Gasteiger partial charge is 0.411 e. The van der Waals surface area contributed by atoms with E-state index >= 15 is 0 Å². The first kappa shape index (κ1) is 15.1. The molecular weight excluding hydrogens is 262 g/mol. The van der Waals surface area contributed by atoms with E-state index in [1.165, 1.54) is 4.90 Å². The highest BCUT2D eigenvalue weighted by atomic mass is 16.6. The van der Waals surface area contributed by atoms with Crippen molar-refractivity contribution in [2.75, 3.05) is 6.54 Å². The van der Waals surface area contributed by atoms with Gasteiger partial charge in [-0.05, 0) is 40.0 Å². The minimum absolute atomic E-state index is 0.0673. The van der Waals surface area contributed by atoms with Crippen molar-refractivity contribution < 1.29 is 24.2 Å². The molecule has 1 aliphatic heterocycles. The van der Waals surface area contributed by atoms with Gasteiger partial charge in [0.05, 0.1) is 12.2 Å². The Morgan fingerprint density at radius 1 is 1.15 bits per heavy atom. The lowest BCUT2D eigenvalue weighted by molar-refractivity contribution is -0.147. The van der Waals surface area contributed by atoms with Crippen LogP contribution in [-0.4, -0.2) is 52.5 Å². The van der Waals surface area contributed by atoms with E-state index in [9.17, 15) is 14.7 Å². The lowest BCUT2D eigenvalue weighted by Crippen LogP contribution is -2.53. The minimum Gasteiger partial charge on any atom is -0.480 e. The van der Waals surface area contributed by atoms with Crippen LogP contribution in [0.25, 0.3) is 0 Å². The Bertz CT molecular complexity index is 386. The number of carbonyl (C=O) groups excluding carboxylic acids is 1. The summed E-state index contributed by atoms with van der Waals surface area (Å²) in [6.45, 7) is 5.67. The summed E-state index contributed by atoms with van der Waals surface area (Å²) in [7, 11) is 0. The predicted molar refractivity (Wildman–Crippen MR) is 71.5 cm³/mol. The molecule has 1 N–H and O–H groups in total. The van der Waals surface area contributed by atoms with E-state index in [1.807, 2.05) is 0 Å². The van der Waals surface area contributed by atoms with E-state index in [-0.39, 0.29) is 6.10 Å². The quantitative estimate of drug-likeness (QED) is 0.858. The number of carbonyl (C=O) groups is 2. The summed E-state index contributed by atoms with van der Waals surface area (Å²) in [6, 6.07) is -0.859. The van der Waals surface area contributed by atoms with E-state index in [1.54, 1.807) is 20.8 Å². The molecule has 0 bridgehead atoms. The van der Waals surface area contributed by atoms with Crippen molar-refractivity contribution in [3.8, 4) is 0 Å². The predicted octanol–water partition coefficient (Wildman–Crippen LogP) is 2.02. The molecule has 2 fully saturated rings. The first-order chi connectivity index (χ1) is 9.26. The molecule has 0 aromatic rings. The second kappa shape index (κ2) is 5.60. The van der Waals surface area contributed by atoms with Gasteiger partial charge in [0.15, 0.2) is 0 Å². The van der Waals surface area contributed by atoms with E-state index < -0.39 is 23.7 Å². The molecule has 0 radical (unpaired) electrons. The third-order valence-corrected chi connectivity index (χ3v) is 3.38. The van der Waals surface area contributed by atoms with E-state index in [0.29, 0.717) is 25.5 Å². The Kier molecular flexibility index (Phi) is 4.22. The molecule has 1 aliphatic carbocycles. The van der Waals surface area contributed by atoms with Gasteiger partial charge in [0, 0.05) is 13.0 Å². The number of carboxylic acid groups (broad SMARTS) is 1. The summed E-state index contributed by atoms with van der Waals surface area (Å²) in [6.07, 6.45) is 2.79. The number of ether oxygens (including phenoxy) is 2. The van der Waals surface area contributed by atoms with E-state index in [2.05, 4.69) is 0 Å². The van der Waals surface area contributed by atoms with Crippen LogP contribution in [0.5, 0.6) is 0 Å². The highest BCUT2D eigenvalue weighted by Gasteiger charge is 2.40. The molecule has 114 valence electrons. The maximum atomic E-state index is 12.1. The molecule has 6 nitrogen and oxygen atoms in total. The summed E-state index contributed by atoms with van der Waals surface area (Å²) >= 11 is 0. The number of hydrogen-bond acceptors (Lipinski definition) is 4. The third kappa shape index (κ3) is 4.10. The monoisotopic (exact) mass is 285 g/mol. The summed E-state index contributed by atoms with van der Waals surface area (Å²) < 4.78 is 11.0. The van der Waals surface area contributed by atoms with Gasteiger partial charge in [-0.3, -0.25) is 4.90 Å². The number of nitrogens with zero attached hydrogens (tertiary/aromatic N) is 1. The molecule has 0 aromatic heterocycles. The molecule has 0 aromatic carbocycles. The van der Waals surface area contributed by atoms with Crippen LogP contribution in [0.15, 0.2) is 0 Å². The highest BCUT2D eigenvalue weighted by Crippen LogP contribution is 2.30. The van der Waals surface area contributed by atoms with Crippen molar-refractivity contribution >= 4 is 12.1 Å². The number of piperidine rings is 1. The Morgan fingerprint density at radius 2 is 1.80 bits per heavy atom. The molecule has 6 heteroatoms. The lowest BCUT2D eigenvalue weighted by atomic mass is 10.00. The Hall–Kier alpha value is -1.30. The van der Waals surface area contributed by atoms with Gasteiger partial charge < -0.3 is 14.6 Å². The molecule has 20 heavy (non-hydrogen) atoms. The molecule has 1 heterocycles. The number of amides is 1. The van der Waals surface area contributed by atoms with Gasteiger partial charge >= 0.3 is 12.1 Å². The first-order valence-corrected chi connectivity index (χ1v) is 7.14. The van der Waals surface area contributed by atoms with Gasteiger partial charge in [-0.2, -0.15) is 0 Å². The lowest BCUT2D eigenvalue weighted by Gasteiger charge is -2.37. The zero-order chi connectivity index (χ0) is 14.9. The molecule has 2 unspecified atom stereocenters. The van der Waals surface area contributed by atoms with Gasteiger partial charge in [-0.25, -0.2) is 9.59 Å². The van der Waals surface area contributed by atoms with Crippen LogP contribution in [0, 0.1) is 0 Å². The van der Waals surface area contributed by atoms with Crippen molar-refractivity contribution in [1.82, 2.24) is 4.90 Å². The summed E-state index contributed by atoms with van der Waals surface area (Å²) in [4.78, 5) is 24.8. The maximum absolute atomic E-state index is 12.1. The van der Waals surface area contributed by atoms with Gasteiger partial charge in [0.1, 0.15) is 11.6 Å². The van der Waals surface area contributed by atoms with Crippen LogP contribution < -0.4 is 0 Å². The van der Waals surface area contributed by atoms with Crippen molar-refractivity contribution in [3.05, 3.63) is 0 Å². The maximum Gasteiger partial charge on any atom is 0.411 e. The molecule has 1 amide bonds. The average molecular weight is 285 g/mol. The van der Waals surface area contributed by atoms with Crippen molar-refractivity contribution in [2.45, 2.75) is 70.3 Å². The van der Waals surface area contributed by atoms with Crippen LogP contribution in [0.4, 0.5) is 4.79 Å². The van der Waals surface area contributed by atoms with Crippen molar-refractivity contribution in [3.63, 3.8) is 0 Å². The minimum atomic E-state index is -1.00. The Labute approximate surface area is 119 Å². The van der Waals surface area contributed by atoms with Crippen molar-refractivity contribution in [2.24, 2.45) is 0 Å². The molecule has 0 spiro atoms. The fraction of sp³-hybridized carbons (Fsp3) is 0.857. The number of hydrogen-bond donors (Lipinski definition) is 1. The fourth-order valence-corrected chi connectivity index (χ4v) is 2.31. The fourth-order valence-electron chi connectivity index (χ4n) is 2.31. The van der Waals surface area contributed by atoms with Crippen LogP contribution in [0.3, 0.4) is 0 Å². The standard InChI is InChI=1S/C14H23NO5/c1-14(2,3)20-13(18)15-7-6-10(19-9-4-5-9)8-11(15)12(16)17/h9-11H,4-8H2,1-3H3,(H,16,17). The van der Waals surface area contributed by atoms with Crippen LogP contribution in [-0.2, 0) is 14.3 Å². The second-order valence-corrected chi connectivity index (χ2v) is 6.51. The topological polar surface area (TPSA) is 76.1 Å². The summed E-state index contributed by atoms with van der Waals surface area (Å²) in [5, 5.41) is 9.32. The summed E-state index contributed by atoms with van der Waals surface area (Å²) in [5.74, 6) is -1.00. The zero-order valence-electron chi connectivity index (χ0n) is 12.3. The van der Waals surface area contributed by atoms with E-state index in [4.69, 9.17) is 9.47 Å². The average Bonchev–Trinajstić information content (AvgIpc) is 3.10. The first-order valence-electron chi connectivity index (χ1n) is 7.14.